The number of hydrogen-bond acceptors (Lipinski definition) is 11. The van der Waals surface area contributed by atoms with E-state index in [1.165, 1.54) is 6.20 Å². The van der Waals surface area contributed by atoms with Crippen LogP contribution in [-0.4, -0.2) is 92.0 Å². The Kier molecular flexibility index (Phi) is 8.46. The second-order valence-corrected chi connectivity index (χ2v) is 13.9. The molecule has 0 aliphatic carbocycles. The fourth-order valence-corrected chi connectivity index (χ4v) is 6.16. The lowest BCUT2D eigenvalue weighted by atomic mass is 10.1. The van der Waals surface area contributed by atoms with E-state index in [4.69, 9.17) is 14.7 Å². The summed E-state index contributed by atoms with van der Waals surface area (Å²) < 4.78 is 33.0. The zero-order valence-electron chi connectivity index (χ0n) is 25.4. The number of aryl methyl sites for hydroxylation is 1. The van der Waals surface area contributed by atoms with Gasteiger partial charge in [0.2, 0.25) is 5.88 Å². The van der Waals surface area contributed by atoms with Gasteiger partial charge in [0.25, 0.3) is 0 Å². The van der Waals surface area contributed by atoms with Crippen LogP contribution in [0.2, 0.25) is 0 Å². The smallest absolute Gasteiger partial charge is 0.212 e. The molecule has 1 aliphatic heterocycles. The molecule has 45 heavy (non-hydrogen) atoms. The molecule has 0 atom stereocenters. The molecule has 1 aliphatic rings. The fraction of sp³-hybridized carbons (Fsp3) is 0.355. The number of sulfone groups is 1. The molecule has 0 saturated carbocycles. The van der Waals surface area contributed by atoms with Crippen molar-refractivity contribution < 1.29 is 13.2 Å². The largest absolute Gasteiger partial charge is 0.481 e. The number of nitrogens with zero attached hydrogens (tertiary/aromatic N) is 10. The fourth-order valence-electron chi connectivity index (χ4n) is 5.24. The molecule has 5 aromatic rings. The molecule has 0 N–H and O–H groups in total. The number of fused-ring (bicyclic) bond motifs is 1. The lowest BCUT2D eigenvalue weighted by Gasteiger charge is -2.35. The van der Waals surface area contributed by atoms with Crippen LogP contribution in [0.15, 0.2) is 61.4 Å². The third kappa shape index (κ3) is 6.50. The summed E-state index contributed by atoms with van der Waals surface area (Å²) >= 11 is 0. The predicted molar refractivity (Wildman–Crippen MR) is 169 cm³/mol. The van der Waals surface area contributed by atoms with Gasteiger partial charge >= 0.3 is 0 Å². The van der Waals surface area contributed by atoms with Gasteiger partial charge in [-0.05, 0) is 31.5 Å². The van der Waals surface area contributed by atoms with Crippen molar-refractivity contribution in [3.8, 4) is 34.5 Å². The lowest BCUT2D eigenvalue weighted by Crippen LogP contribution is -2.46. The van der Waals surface area contributed by atoms with E-state index in [1.807, 2.05) is 30.5 Å². The van der Waals surface area contributed by atoms with Crippen LogP contribution in [-0.2, 0) is 22.9 Å². The third-order valence-electron chi connectivity index (χ3n) is 8.00. The van der Waals surface area contributed by atoms with Crippen molar-refractivity contribution in [2.45, 2.75) is 32.2 Å². The molecule has 0 spiro atoms. The molecule has 1 fully saturated rings. The highest BCUT2D eigenvalue weighted by Gasteiger charge is 2.21. The first-order valence-corrected chi connectivity index (χ1v) is 16.4. The van der Waals surface area contributed by atoms with Crippen LogP contribution in [0, 0.1) is 11.3 Å². The highest BCUT2D eigenvalue weighted by atomic mass is 32.2. The number of ether oxygens (including phenoxy) is 1. The van der Waals surface area contributed by atoms with Gasteiger partial charge in [-0.15, -0.1) is 0 Å². The van der Waals surface area contributed by atoms with Crippen LogP contribution in [0.4, 0.5) is 5.82 Å². The molecule has 5 aromatic heterocycles. The standard InChI is InChI=1S/C31H34N10O3S/c1-22(2)45(42,43)13-12-40-20-26(18-35-40)27-21-41-31(25(14-32)17-36-41)30(37-27)24-5-6-28(33-16-24)39-10-8-38(9-11-39)19-23-4-7-29(44-3)34-15-23/h4-7,15-18,20-22H,8-13,19H2,1-3H3. The number of aromatic nitrogens is 7. The van der Waals surface area contributed by atoms with Gasteiger partial charge in [-0.25, -0.2) is 27.9 Å². The normalized spacial score (nSPS) is 14.2. The number of piperazine rings is 1. The van der Waals surface area contributed by atoms with Gasteiger partial charge in [-0.3, -0.25) is 9.58 Å². The van der Waals surface area contributed by atoms with Gasteiger partial charge in [0, 0.05) is 68.5 Å². The van der Waals surface area contributed by atoms with Crippen molar-refractivity contribution in [2.75, 3.05) is 43.9 Å². The highest BCUT2D eigenvalue weighted by molar-refractivity contribution is 7.91. The molecule has 1 saturated heterocycles. The van der Waals surface area contributed by atoms with Crippen molar-refractivity contribution in [3.63, 3.8) is 0 Å². The molecule has 0 unspecified atom stereocenters. The minimum Gasteiger partial charge on any atom is -0.481 e. The van der Waals surface area contributed by atoms with Crippen molar-refractivity contribution in [3.05, 3.63) is 72.6 Å². The maximum absolute atomic E-state index is 12.3. The van der Waals surface area contributed by atoms with Crippen LogP contribution in [0.5, 0.6) is 5.88 Å². The van der Waals surface area contributed by atoms with Crippen LogP contribution in [0.25, 0.3) is 28.0 Å². The van der Waals surface area contributed by atoms with Gasteiger partial charge in [-0.2, -0.15) is 15.5 Å². The molecule has 0 amide bonds. The SMILES string of the molecule is COc1ccc(CN2CCN(c3ccc(-c4nc(-c5cnn(CCS(=O)(=O)C(C)C)c5)cn5ncc(C#N)c45)cn3)CC2)cn1. The number of anilines is 1. The number of methoxy groups -OCH3 is 1. The Labute approximate surface area is 261 Å². The van der Waals surface area contributed by atoms with Crippen molar-refractivity contribution in [1.29, 1.82) is 5.26 Å². The zero-order chi connectivity index (χ0) is 31.6. The highest BCUT2D eigenvalue weighted by Crippen LogP contribution is 2.29. The molecular weight excluding hydrogens is 592 g/mol. The molecule has 0 radical (unpaired) electrons. The topological polar surface area (TPSA) is 147 Å². The number of rotatable bonds is 10. The van der Waals surface area contributed by atoms with E-state index in [-0.39, 0.29) is 12.3 Å². The summed E-state index contributed by atoms with van der Waals surface area (Å²) in [6.07, 6.45) is 10.3. The molecule has 0 aromatic carbocycles. The second-order valence-electron chi connectivity index (χ2n) is 11.2. The Hall–Kier alpha value is -4.87. The van der Waals surface area contributed by atoms with E-state index in [1.54, 1.807) is 54.9 Å². The minimum absolute atomic E-state index is 0.00139. The lowest BCUT2D eigenvalue weighted by molar-refractivity contribution is 0.249. The van der Waals surface area contributed by atoms with E-state index < -0.39 is 15.1 Å². The molecular formula is C31H34N10O3S. The molecule has 14 heteroatoms. The Morgan fingerprint density at radius 3 is 2.44 bits per heavy atom. The summed E-state index contributed by atoms with van der Waals surface area (Å²) in [7, 11) is -1.58. The quantitative estimate of drug-likeness (QED) is 0.225. The van der Waals surface area contributed by atoms with Crippen molar-refractivity contribution in [2.24, 2.45) is 0 Å². The summed E-state index contributed by atoms with van der Waals surface area (Å²) in [5, 5.41) is 18.1. The van der Waals surface area contributed by atoms with E-state index >= 15 is 0 Å². The summed E-state index contributed by atoms with van der Waals surface area (Å²) in [6, 6.07) is 10.1. The average molecular weight is 627 g/mol. The Morgan fingerprint density at radius 2 is 1.78 bits per heavy atom. The van der Waals surface area contributed by atoms with Gasteiger partial charge < -0.3 is 9.64 Å². The number of nitriles is 1. The van der Waals surface area contributed by atoms with Crippen LogP contribution < -0.4 is 9.64 Å². The first-order chi connectivity index (χ1) is 21.7. The zero-order valence-corrected chi connectivity index (χ0v) is 26.2. The van der Waals surface area contributed by atoms with E-state index in [0.29, 0.717) is 33.9 Å². The second kappa shape index (κ2) is 12.6. The Bertz CT molecular complexity index is 1940. The maximum Gasteiger partial charge on any atom is 0.212 e. The summed E-state index contributed by atoms with van der Waals surface area (Å²) in [5.74, 6) is 1.49. The first kappa shape index (κ1) is 30.2. The van der Waals surface area contributed by atoms with E-state index in [0.717, 1.165) is 49.7 Å². The number of pyridine rings is 2. The van der Waals surface area contributed by atoms with Gasteiger partial charge in [0.05, 0.1) is 54.6 Å². The maximum atomic E-state index is 12.3. The summed E-state index contributed by atoms with van der Waals surface area (Å²) in [6.45, 7) is 7.92. The monoisotopic (exact) mass is 626 g/mol. The van der Waals surface area contributed by atoms with Gasteiger partial charge in [-0.1, -0.05) is 6.07 Å². The predicted octanol–water partition coefficient (Wildman–Crippen LogP) is 3.08. The third-order valence-corrected chi connectivity index (χ3v) is 10.2. The molecule has 13 nitrogen and oxygen atoms in total. The van der Waals surface area contributed by atoms with Crippen LogP contribution in [0.1, 0.15) is 25.0 Å². The van der Waals surface area contributed by atoms with Crippen molar-refractivity contribution >= 4 is 21.2 Å². The van der Waals surface area contributed by atoms with Gasteiger partial charge in [0.1, 0.15) is 23.0 Å². The minimum atomic E-state index is -3.19. The van der Waals surface area contributed by atoms with E-state index in [2.05, 4.69) is 31.1 Å². The summed E-state index contributed by atoms with van der Waals surface area (Å²) in [4.78, 5) is 18.7. The Balaban J connectivity index is 1.19. The molecule has 232 valence electrons. The Morgan fingerprint density at radius 1 is 0.956 bits per heavy atom. The molecule has 6 heterocycles. The van der Waals surface area contributed by atoms with Crippen molar-refractivity contribution in [1.82, 2.24) is 39.2 Å². The van der Waals surface area contributed by atoms with Crippen LogP contribution >= 0.6 is 0 Å². The first-order valence-electron chi connectivity index (χ1n) is 14.7. The average Bonchev–Trinajstić information content (AvgIpc) is 3.71. The number of hydrogen-bond donors (Lipinski definition) is 0. The van der Waals surface area contributed by atoms with E-state index in [9.17, 15) is 13.7 Å². The molecule has 6 rings (SSSR count). The summed E-state index contributed by atoms with van der Waals surface area (Å²) in [5.41, 5.74) is 4.78. The van der Waals surface area contributed by atoms with Crippen LogP contribution in [0.3, 0.4) is 0 Å². The van der Waals surface area contributed by atoms with Gasteiger partial charge in [0.15, 0.2) is 9.84 Å². The molecule has 0 bridgehead atoms.